The number of halogens is 1. The van der Waals surface area contributed by atoms with Crippen LogP contribution in [0.4, 0.5) is 0 Å². The molecule has 1 heteroatoms. The van der Waals surface area contributed by atoms with Crippen LogP contribution in [-0.2, 0) is 5.41 Å². The summed E-state index contributed by atoms with van der Waals surface area (Å²) >= 11 is 3.54. The number of rotatable bonds is 3. The van der Waals surface area contributed by atoms with E-state index in [1.54, 1.807) is 0 Å². The summed E-state index contributed by atoms with van der Waals surface area (Å²) in [6, 6.07) is 37.2. The summed E-state index contributed by atoms with van der Waals surface area (Å²) in [5, 5.41) is 2.60. The van der Waals surface area contributed by atoms with E-state index in [9.17, 15) is 0 Å². The molecule has 0 saturated heterocycles. The van der Waals surface area contributed by atoms with Gasteiger partial charge in [-0.2, -0.15) is 0 Å². The Hall–Kier alpha value is -3.42. The highest BCUT2D eigenvalue weighted by Crippen LogP contribution is 2.47. The van der Waals surface area contributed by atoms with Crippen LogP contribution in [0.2, 0.25) is 0 Å². The van der Waals surface area contributed by atoms with Gasteiger partial charge in [0.05, 0.1) is 5.41 Å². The van der Waals surface area contributed by atoms with E-state index in [-0.39, 0.29) is 5.41 Å². The predicted molar refractivity (Wildman–Crippen MR) is 138 cm³/mol. The molecule has 2 aliphatic rings. The lowest BCUT2D eigenvalue weighted by Crippen LogP contribution is -2.35. The number of benzene rings is 4. The average Bonchev–Trinajstić information content (AvgIpc) is 3.24. The zero-order valence-corrected chi connectivity index (χ0v) is 19.1. The molecule has 0 aliphatic heterocycles. The van der Waals surface area contributed by atoms with E-state index in [0.29, 0.717) is 0 Å². The lowest BCUT2D eigenvalue weighted by atomic mass is 9.65. The second-order valence-corrected chi connectivity index (χ2v) is 9.27. The minimum atomic E-state index is -0.312. The van der Waals surface area contributed by atoms with Gasteiger partial charge in [-0.25, -0.2) is 0 Å². The van der Waals surface area contributed by atoms with Gasteiger partial charge in [-0.15, -0.1) is 0 Å². The number of fused-ring (bicyclic) bond motifs is 2. The lowest BCUT2D eigenvalue weighted by molar-refractivity contribution is 0.830. The van der Waals surface area contributed by atoms with Crippen molar-refractivity contribution in [1.82, 2.24) is 0 Å². The van der Waals surface area contributed by atoms with Crippen LogP contribution in [0.1, 0.15) is 11.1 Å². The summed E-state index contributed by atoms with van der Waals surface area (Å²) in [4.78, 5) is 0. The fourth-order valence-corrected chi connectivity index (χ4v) is 5.39. The molecular formula is C31H21Br. The van der Waals surface area contributed by atoms with Gasteiger partial charge >= 0.3 is 0 Å². The van der Waals surface area contributed by atoms with Crippen LogP contribution in [0.5, 0.6) is 0 Å². The Morgan fingerprint density at radius 3 is 1.91 bits per heavy atom. The van der Waals surface area contributed by atoms with Gasteiger partial charge in [0, 0.05) is 4.47 Å². The molecule has 2 aliphatic carbocycles. The van der Waals surface area contributed by atoms with Gasteiger partial charge in [0.2, 0.25) is 0 Å². The third-order valence-electron chi connectivity index (χ3n) is 6.57. The van der Waals surface area contributed by atoms with Crippen LogP contribution in [0, 0.1) is 0 Å². The Morgan fingerprint density at radius 1 is 0.625 bits per heavy atom. The molecule has 0 radical (unpaired) electrons. The maximum Gasteiger partial charge on any atom is 0.0647 e. The molecular weight excluding hydrogens is 452 g/mol. The van der Waals surface area contributed by atoms with Crippen LogP contribution in [0.15, 0.2) is 131 Å². The zero-order valence-electron chi connectivity index (χ0n) is 17.5. The Morgan fingerprint density at radius 2 is 1.25 bits per heavy atom. The normalized spacial score (nSPS) is 15.5. The first-order chi connectivity index (χ1) is 15.8. The molecule has 32 heavy (non-hydrogen) atoms. The second kappa shape index (κ2) is 7.62. The van der Waals surface area contributed by atoms with E-state index in [1.807, 2.05) is 0 Å². The largest absolute Gasteiger partial charge is 0.0652 e. The maximum absolute atomic E-state index is 3.54. The molecule has 0 atom stereocenters. The van der Waals surface area contributed by atoms with E-state index in [0.717, 1.165) is 4.47 Å². The van der Waals surface area contributed by atoms with E-state index in [4.69, 9.17) is 0 Å². The predicted octanol–water partition coefficient (Wildman–Crippen LogP) is 6.54. The van der Waals surface area contributed by atoms with Crippen molar-refractivity contribution in [1.29, 1.82) is 0 Å². The Kier molecular flexibility index (Phi) is 4.59. The summed E-state index contributed by atoms with van der Waals surface area (Å²) in [6.07, 6.45) is 9.18. The van der Waals surface area contributed by atoms with Crippen LogP contribution >= 0.6 is 15.9 Å². The summed E-state index contributed by atoms with van der Waals surface area (Å²) in [6.45, 7) is 0. The molecule has 4 aromatic carbocycles. The quantitative estimate of drug-likeness (QED) is 0.317. The highest BCUT2D eigenvalue weighted by atomic mass is 79.9. The number of allylic oxidation sites excluding steroid dienone is 4. The first-order valence-corrected chi connectivity index (χ1v) is 11.7. The fourth-order valence-electron chi connectivity index (χ4n) is 5.13. The van der Waals surface area contributed by atoms with Crippen molar-refractivity contribution >= 4 is 27.6 Å². The molecule has 0 saturated carbocycles. The SMILES string of the molecule is Brc1ccc(-c2ccc3c(c2)=CC2=CC=CC(c4ccccc4)(c4ccccc4)C=32)cc1. The lowest BCUT2D eigenvalue weighted by Gasteiger charge is -2.36. The molecule has 0 amide bonds. The van der Waals surface area contributed by atoms with Gasteiger partial charge < -0.3 is 0 Å². The summed E-state index contributed by atoms with van der Waals surface area (Å²) in [5.74, 6) is 0. The van der Waals surface area contributed by atoms with E-state index < -0.39 is 0 Å². The van der Waals surface area contributed by atoms with Crippen molar-refractivity contribution in [2.24, 2.45) is 0 Å². The minimum absolute atomic E-state index is 0.312. The van der Waals surface area contributed by atoms with Crippen molar-refractivity contribution in [2.75, 3.05) is 0 Å². The molecule has 0 aromatic heterocycles. The van der Waals surface area contributed by atoms with Crippen molar-refractivity contribution in [3.05, 3.63) is 153 Å². The molecule has 4 aromatic rings. The van der Waals surface area contributed by atoms with Crippen molar-refractivity contribution in [2.45, 2.75) is 5.41 Å². The third-order valence-corrected chi connectivity index (χ3v) is 7.10. The third kappa shape index (κ3) is 2.97. The van der Waals surface area contributed by atoms with Gasteiger partial charge in [0.1, 0.15) is 0 Å². The molecule has 152 valence electrons. The standard InChI is InChI=1S/C31H21Br/c32-28-16-13-22(14-17-28)23-15-18-29-25(20-23)21-24-8-7-19-31(30(24)29,26-9-3-1-4-10-26)27-11-5-2-6-12-27/h1-21H. The molecule has 0 fully saturated rings. The van der Waals surface area contributed by atoms with Crippen molar-refractivity contribution in [3.8, 4) is 11.1 Å². The zero-order chi connectivity index (χ0) is 21.5. The van der Waals surface area contributed by atoms with Crippen LogP contribution in [0.25, 0.3) is 22.8 Å². The monoisotopic (exact) mass is 472 g/mol. The smallest absolute Gasteiger partial charge is 0.0647 e. The van der Waals surface area contributed by atoms with Crippen molar-refractivity contribution in [3.63, 3.8) is 0 Å². The van der Waals surface area contributed by atoms with E-state index >= 15 is 0 Å². The molecule has 0 nitrogen and oxygen atoms in total. The minimum Gasteiger partial charge on any atom is -0.0652 e. The van der Waals surface area contributed by atoms with Crippen molar-refractivity contribution < 1.29 is 0 Å². The van der Waals surface area contributed by atoms with E-state index in [2.05, 4.69) is 143 Å². The van der Waals surface area contributed by atoms with E-state index in [1.165, 1.54) is 43.8 Å². The molecule has 6 rings (SSSR count). The number of hydrogen-bond acceptors (Lipinski definition) is 0. The average molecular weight is 473 g/mol. The van der Waals surface area contributed by atoms with Gasteiger partial charge in [0.25, 0.3) is 0 Å². The molecule has 0 bridgehead atoms. The summed E-state index contributed by atoms with van der Waals surface area (Å²) in [7, 11) is 0. The highest BCUT2D eigenvalue weighted by molar-refractivity contribution is 9.10. The molecule has 0 N–H and O–H groups in total. The number of hydrogen-bond donors (Lipinski definition) is 0. The van der Waals surface area contributed by atoms with Crippen LogP contribution < -0.4 is 10.4 Å². The summed E-state index contributed by atoms with van der Waals surface area (Å²) in [5.41, 5.74) is 7.41. The topological polar surface area (TPSA) is 0 Å². The second-order valence-electron chi connectivity index (χ2n) is 8.35. The Bertz CT molecular complexity index is 1450. The Balaban J connectivity index is 1.64. The van der Waals surface area contributed by atoms with Gasteiger partial charge in [-0.3, -0.25) is 0 Å². The van der Waals surface area contributed by atoms with Gasteiger partial charge in [-0.1, -0.05) is 119 Å². The summed E-state index contributed by atoms with van der Waals surface area (Å²) < 4.78 is 1.10. The molecule has 0 unspecified atom stereocenters. The first-order valence-electron chi connectivity index (χ1n) is 10.9. The fraction of sp³-hybridized carbons (Fsp3) is 0.0323. The van der Waals surface area contributed by atoms with Gasteiger partial charge in [-0.05, 0) is 68.1 Å². The van der Waals surface area contributed by atoms with Gasteiger partial charge in [0.15, 0.2) is 0 Å². The first kappa shape index (κ1) is 19.3. The van der Waals surface area contributed by atoms with Crippen LogP contribution in [-0.4, -0.2) is 0 Å². The molecule has 0 spiro atoms. The maximum atomic E-state index is 3.54. The van der Waals surface area contributed by atoms with Crippen LogP contribution in [0.3, 0.4) is 0 Å². The Labute approximate surface area is 196 Å². The molecule has 0 heterocycles. The highest BCUT2D eigenvalue weighted by Gasteiger charge is 2.39.